The van der Waals surface area contributed by atoms with E-state index in [0.29, 0.717) is 5.56 Å². The number of nitriles is 1. The number of nitrogens with zero attached hydrogens (tertiary/aromatic N) is 1. The summed E-state index contributed by atoms with van der Waals surface area (Å²) in [5.74, 6) is -1.09. The van der Waals surface area contributed by atoms with Crippen molar-refractivity contribution < 1.29 is 9.18 Å². The van der Waals surface area contributed by atoms with E-state index in [4.69, 9.17) is 11.0 Å². The van der Waals surface area contributed by atoms with E-state index < -0.39 is 11.7 Å². The fourth-order valence-corrected chi connectivity index (χ4v) is 1.56. The van der Waals surface area contributed by atoms with Gasteiger partial charge in [0.25, 0.3) is 5.91 Å². The summed E-state index contributed by atoms with van der Waals surface area (Å²) in [6.07, 6.45) is 0. The van der Waals surface area contributed by atoms with Gasteiger partial charge in [-0.2, -0.15) is 5.26 Å². The molecule has 0 saturated carbocycles. The zero-order chi connectivity index (χ0) is 13.8. The molecule has 0 unspecified atom stereocenters. The van der Waals surface area contributed by atoms with Crippen LogP contribution in [0.15, 0.2) is 42.5 Å². The predicted molar refractivity (Wildman–Crippen MR) is 69.9 cm³/mol. The Kier molecular flexibility index (Phi) is 3.44. The number of hydrogen-bond donors (Lipinski definition) is 2. The number of amides is 1. The van der Waals surface area contributed by atoms with Gasteiger partial charge in [0, 0.05) is 11.3 Å². The van der Waals surface area contributed by atoms with Crippen molar-refractivity contribution in [2.45, 2.75) is 0 Å². The first-order valence-corrected chi connectivity index (χ1v) is 5.46. The van der Waals surface area contributed by atoms with Crippen LogP contribution in [0.1, 0.15) is 15.9 Å². The van der Waals surface area contributed by atoms with Gasteiger partial charge in [0.2, 0.25) is 0 Å². The Hall–Kier alpha value is -2.87. The van der Waals surface area contributed by atoms with Crippen LogP contribution in [-0.4, -0.2) is 5.91 Å². The van der Waals surface area contributed by atoms with Crippen molar-refractivity contribution in [2.75, 3.05) is 11.1 Å². The van der Waals surface area contributed by atoms with Crippen molar-refractivity contribution in [1.29, 1.82) is 5.26 Å². The van der Waals surface area contributed by atoms with Crippen molar-refractivity contribution in [2.24, 2.45) is 0 Å². The van der Waals surface area contributed by atoms with Gasteiger partial charge in [0.1, 0.15) is 5.82 Å². The molecule has 0 aliphatic carbocycles. The number of nitrogens with one attached hydrogen (secondary N) is 1. The fraction of sp³-hybridized carbons (Fsp3) is 0. The highest BCUT2D eigenvalue weighted by Gasteiger charge is 2.09. The van der Waals surface area contributed by atoms with Gasteiger partial charge >= 0.3 is 0 Å². The third kappa shape index (κ3) is 2.87. The number of halogens is 1. The molecule has 3 N–H and O–H groups in total. The lowest BCUT2D eigenvalue weighted by Gasteiger charge is -2.07. The average Bonchev–Trinajstić information content (AvgIpc) is 2.42. The first-order chi connectivity index (χ1) is 9.10. The lowest BCUT2D eigenvalue weighted by atomic mass is 10.1. The monoisotopic (exact) mass is 255 g/mol. The molecule has 0 fully saturated rings. The Balaban J connectivity index is 2.23. The minimum Gasteiger partial charge on any atom is -0.399 e. The molecule has 0 aliphatic heterocycles. The standard InChI is InChI=1S/C14H10FN3O/c15-12-7-11(17)4-5-13(12)18-14(19)10-3-1-2-9(6-10)8-16/h1-7H,17H2,(H,18,19). The maximum Gasteiger partial charge on any atom is 0.255 e. The minimum atomic E-state index is -0.607. The van der Waals surface area contributed by atoms with Crippen LogP contribution in [-0.2, 0) is 0 Å². The molecule has 1 amide bonds. The van der Waals surface area contributed by atoms with Crippen molar-refractivity contribution in [3.63, 3.8) is 0 Å². The van der Waals surface area contributed by atoms with Gasteiger partial charge in [-0.1, -0.05) is 6.07 Å². The van der Waals surface area contributed by atoms with Crippen LogP contribution < -0.4 is 11.1 Å². The maximum absolute atomic E-state index is 13.5. The van der Waals surface area contributed by atoms with Gasteiger partial charge in [-0.15, -0.1) is 0 Å². The molecular formula is C14H10FN3O. The Morgan fingerprint density at radius 1 is 1.26 bits per heavy atom. The molecule has 19 heavy (non-hydrogen) atoms. The fourth-order valence-electron chi connectivity index (χ4n) is 1.56. The van der Waals surface area contributed by atoms with Crippen molar-refractivity contribution in [3.05, 3.63) is 59.4 Å². The summed E-state index contributed by atoms with van der Waals surface area (Å²) in [6.45, 7) is 0. The van der Waals surface area contributed by atoms with Gasteiger partial charge in [-0.05, 0) is 36.4 Å². The summed E-state index contributed by atoms with van der Waals surface area (Å²) in [6, 6.07) is 12.1. The van der Waals surface area contributed by atoms with Crippen LogP contribution in [0.4, 0.5) is 15.8 Å². The Morgan fingerprint density at radius 2 is 2.05 bits per heavy atom. The molecule has 0 aliphatic rings. The van der Waals surface area contributed by atoms with Crippen LogP contribution >= 0.6 is 0 Å². The Labute approximate surface area is 109 Å². The molecule has 0 atom stereocenters. The molecule has 2 aromatic rings. The van der Waals surface area contributed by atoms with Crippen molar-refractivity contribution in [1.82, 2.24) is 0 Å². The molecule has 4 nitrogen and oxygen atoms in total. The summed E-state index contributed by atoms with van der Waals surface area (Å²) < 4.78 is 13.5. The largest absolute Gasteiger partial charge is 0.399 e. The average molecular weight is 255 g/mol. The molecule has 0 saturated heterocycles. The van der Waals surface area contributed by atoms with E-state index in [9.17, 15) is 9.18 Å². The van der Waals surface area contributed by atoms with Gasteiger partial charge in [0.15, 0.2) is 0 Å². The van der Waals surface area contributed by atoms with Gasteiger partial charge in [0.05, 0.1) is 17.3 Å². The van der Waals surface area contributed by atoms with Crippen molar-refractivity contribution in [3.8, 4) is 6.07 Å². The van der Waals surface area contributed by atoms with Crippen LogP contribution in [0.25, 0.3) is 0 Å². The molecule has 5 heteroatoms. The first-order valence-electron chi connectivity index (χ1n) is 5.46. The number of anilines is 2. The van der Waals surface area contributed by atoms with E-state index in [1.54, 1.807) is 18.2 Å². The number of benzene rings is 2. The second-order valence-electron chi connectivity index (χ2n) is 3.89. The number of rotatable bonds is 2. The number of nitrogens with two attached hydrogens (primary N) is 1. The molecule has 0 heterocycles. The Morgan fingerprint density at radius 3 is 2.74 bits per heavy atom. The van der Waals surface area contributed by atoms with Gasteiger partial charge in [-0.25, -0.2) is 4.39 Å². The lowest BCUT2D eigenvalue weighted by Crippen LogP contribution is -2.13. The molecular weight excluding hydrogens is 245 g/mol. The van der Waals surface area contributed by atoms with E-state index in [2.05, 4.69) is 5.32 Å². The molecule has 0 radical (unpaired) electrons. The predicted octanol–water partition coefficient (Wildman–Crippen LogP) is 2.53. The normalized spacial score (nSPS) is 9.68. The first kappa shape index (κ1) is 12.6. The summed E-state index contributed by atoms with van der Waals surface area (Å²) in [5, 5.41) is 11.2. The summed E-state index contributed by atoms with van der Waals surface area (Å²) >= 11 is 0. The molecule has 0 bridgehead atoms. The number of hydrogen-bond acceptors (Lipinski definition) is 3. The van der Waals surface area contributed by atoms with E-state index >= 15 is 0 Å². The van der Waals surface area contributed by atoms with Crippen molar-refractivity contribution >= 4 is 17.3 Å². The molecule has 0 spiro atoms. The smallest absolute Gasteiger partial charge is 0.255 e. The molecule has 94 valence electrons. The third-order valence-electron chi connectivity index (χ3n) is 2.50. The second-order valence-corrected chi connectivity index (χ2v) is 3.89. The topological polar surface area (TPSA) is 78.9 Å². The SMILES string of the molecule is N#Cc1cccc(C(=O)Nc2ccc(N)cc2F)c1. The van der Waals surface area contributed by atoms with E-state index in [1.165, 1.54) is 18.2 Å². The van der Waals surface area contributed by atoms with Crippen LogP contribution in [0, 0.1) is 17.1 Å². The number of carbonyl (C=O) groups excluding carboxylic acids is 1. The summed E-state index contributed by atoms with van der Waals surface area (Å²) in [4.78, 5) is 11.9. The minimum absolute atomic E-state index is 0.0431. The highest BCUT2D eigenvalue weighted by atomic mass is 19.1. The molecule has 0 aromatic heterocycles. The van der Waals surface area contributed by atoms with E-state index in [0.717, 1.165) is 6.07 Å². The number of carbonyl (C=O) groups is 1. The third-order valence-corrected chi connectivity index (χ3v) is 2.50. The van der Waals surface area contributed by atoms with Gasteiger partial charge in [-0.3, -0.25) is 4.79 Å². The zero-order valence-electron chi connectivity index (χ0n) is 9.85. The highest BCUT2D eigenvalue weighted by Crippen LogP contribution is 2.18. The number of nitrogen functional groups attached to an aromatic ring is 1. The second kappa shape index (κ2) is 5.19. The maximum atomic E-state index is 13.5. The quantitative estimate of drug-likeness (QED) is 0.809. The summed E-state index contributed by atoms with van der Waals surface area (Å²) in [7, 11) is 0. The van der Waals surface area contributed by atoms with Crippen LogP contribution in [0.5, 0.6) is 0 Å². The highest BCUT2D eigenvalue weighted by molar-refractivity contribution is 6.04. The Bertz CT molecular complexity index is 677. The van der Waals surface area contributed by atoms with E-state index in [1.807, 2.05) is 6.07 Å². The van der Waals surface area contributed by atoms with E-state index in [-0.39, 0.29) is 16.9 Å². The lowest BCUT2D eigenvalue weighted by molar-refractivity contribution is 0.102. The van der Waals surface area contributed by atoms with Gasteiger partial charge < -0.3 is 11.1 Å². The molecule has 2 aromatic carbocycles. The van der Waals surface area contributed by atoms with Crippen LogP contribution in [0.3, 0.4) is 0 Å². The summed E-state index contributed by atoms with van der Waals surface area (Å²) in [5.41, 5.74) is 6.39. The zero-order valence-corrected chi connectivity index (χ0v) is 9.85. The molecule has 2 rings (SSSR count). The van der Waals surface area contributed by atoms with Crippen LogP contribution in [0.2, 0.25) is 0 Å².